The van der Waals surface area contributed by atoms with E-state index >= 15 is 0 Å². The molecule has 2 rings (SSSR count). The van der Waals surface area contributed by atoms with E-state index in [2.05, 4.69) is 0 Å². The first-order chi connectivity index (χ1) is 8.20. The van der Waals surface area contributed by atoms with Crippen LogP contribution in [0, 0.1) is 0 Å². The van der Waals surface area contributed by atoms with Crippen LogP contribution in [0.2, 0.25) is 10.0 Å². The van der Waals surface area contributed by atoms with Gasteiger partial charge in [0.1, 0.15) is 0 Å². The summed E-state index contributed by atoms with van der Waals surface area (Å²) < 4.78 is 0. The number of benzene rings is 2. The van der Waals surface area contributed by atoms with E-state index in [4.69, 9.17) is 28.9 Å². The van der Waals surface area contributed by atoms with Crippen LogP contribution in [0.15, 0.2) is 52.3 Å². The Morgan fingerprint density at radius 2 is 1.76 bits per heavy atom. The molecule has 0 spiro atoms. The van der Waals surface area contributed by atoms with Crippen molar-refractivity contribution >= 4 is 35.0 Å². The Hall–Kier alpha value is -0.670. The molecule has 0 radical (unpaired) electrons. The number of hydrogen-bond donors (Lipinski definition) is 1. The number of halogens is 2. The van der Waals surface area contributed by atoms with Gasteiger partial charge in [0.05, 0.1) is 5.02 Å². The second-order valence-electron chi connectivity index (χ2n) is 3.49. The van der Waals surface area contributed by atoms with Gasteiger partial charge in [-0.15, -0.1) is 0 Å². The fraction of sp³-hybridized carbons (Fsp3) is 0.0769. The van der Waals surface area contributed by atoms with E-state index in [1.807, 2.05) is 30.3 Å². The van der Waals surface area contributed by atoms with E-state index in [9.17, 15) is 0 Å². The molecule has 2 aromatic rings. The Balaban J connectivity index is 2.34. The summed E-state index contributed by atoms with van der Waals surface area (Å²) in [5.74, 6) is 0. The molecule has 2 aromatic carbocycles. The standard InChI is InChI=1S/C13H11Cl2NS/c14-10-5-6-11(15)13(7-10)17-12-4-2-1-3-9(12)8-16/h1-7H,8,16H2. The highest BCUT2D eigenvalue weighted by atomic mass is 35.5. The van der Waals surface area contributed by atoms with Crippen LogP contribution in [0.5, 0.6) is 0 Å². The fourth-order valence-electron chi connectivity index (χ4n) is 1.45. The lowest BCUT2D eigenvalue weighted by atomic mass is 10.2. The average molecular weight is 284 g/mol. The van der Waals surface area contributed by atoms with Crippen molar-refractivity contribution < 1.29 is 0 Å². The lowest BCUT2D eigenvalue weighted by Gasteiger charge is -2.08. The van der Waals surface area contributed by atoms with Gasteiger partial charge in [0.2, 0.25) is 0 Å². The summed E-state index contributed by atoms with van der Waals surface area (Å²) in [5.41, 5.74) is 6.80. The third-order valence-corrected chi connectivity index (χ3v) is 4.16. The van der Waals surface area contributed by atoms with Crippen molar-refractivity contribution in [3.05, 3.63) is 58.1 Å². The Bertz CT molecular complexity index is 529. The minimum Gasteiger partial charge on any atom is -0.326 e. The van der Waals surface area contributed by atoms with Gasteiger partial charge in [-0.3, -0.25) is 0 Å². The highest BCUT2D eigenvalue weighted by Crippen LogP contribution is 2.36. The van der Waals surface area contributed by atoms with Crippen molar-refractivity contribution in [2.24, 2.45) is 5.73 Å². The van der Waals surface area contributed by atoms with Gasteiger partial charge in [-0.2, -0.15) is 0 Å². The Morgan fingerprint density at radius 1 is 1.00 bits per heavy atom. The minimum absolute atomic E-state index is 0.515. The van der Waals surface area contributed by atoms with Crippen molar-refractivity contribution in [2.75, 3.05) is 0 Å². The molecular weight excluding hydrogens is 273 g/mol. The molecule has 17 heavy (non-hydrogen) atoms. The zero-order valence-electron chi connectivity index (χ0n) is 8.99. The Kier molecular flexibility index (Phi) is 4.35. The first-order valence-electron chi connectivity index (χ1n) is 5.11. The van der Waals surface area contributed by atoms with E-state index in [1.165, 1.54) is 0 Å². The summed E-state index contributed by atoms with van der Waals surface area (Å²) in [4.78, 5) is 2.05. The highest BCUT2D eigenvalue weighted by molar-refractivity contribution is 7.99. The molecule has 2 N–H and O–H groups in total. The van der Waals surface area contributed by atoms with Crippen LogP contribution in [0.3, 0.4) is 0 Å². The second kappa shape index (κ2) is 5.78. The molecule has 0 saturated heterocycles. The topological polar surface area (TPSA) is 26.0 Å². The molecule has 0 aliphatic heterocycles. The molecule has 88 valence electrons. The first-order valence-corrected chi connectivity index (χ1v) is 6.69. The molecule has 0 aromatic heterocycles. The molecule has 0 fully saturated rings. The number of nitrogens with two attached hydrogens (primary N) is 1. The molecule has 0 bridgehead atoms. The summed E-state index contributed by atoms with van der Waals surface area (Å²) >= 11 is 13.7. The summed E-state index contributed by atoms with van der Waals surface area (Å²) in [6.45, 7) is 0.515. The number of hydrogen-bond acceptors (Lipinski definition) is 2. The van der Waals surface area contributed by atoms with Gasteiger partial charge in [-0.25, -0.2) is 0 Å². The van der Waals surface area contributed by atoms with E-state index < -0.39 is 0 Å². The molecule has 4 heteroatoms. The van der Waals surface area contributed by atoms with E-state index in [-0.39, 0.29) is 0 Å². The first kappa shape index (κ1) is 12.8. The van der Waals surface area contributed by atoms with Gasteiger partial charge in [0, 0.05) is 21.4 Å². The van der Waals surface area contributed by atoms with Gasteiger partial charge >= 0.3 is 0 Å². The maximum absolute atomic E-state index is 6.13. The maximum Gasteiger partial charge on any atom is 0.0546 e. The fourth-order valence-corrected chi connectivity index (χ4v) is 2.93. The molecule has 0 saturated carbocycles. The second-order valence-corrected chi connectivity index (χ2v) is 5.42. The molecule has 0 amide bonds. The molecular formula is C13H11Cl2NS. The van der Waals surface area contributed by atoms with Crippen molar-refractivity contribution in [1.82, 2.24) is 0 Å². The van der Waals surface area contributed by atoms with Gasteiger partial charge < -0.3 is 5.73 Å². The smallest absolute Gasteiger partial charge is 0.0546 e. The highest BCUT2D eigenvalue weighted by Gasteiger charge is 2.06. The van der Waals surface area contributed by atoms with Gasteiger partial charge in [-0.1, -0.05) is 53.2 Å². The van der Waals surface area contributed by atoms with Gasteiger partial charge in [0.15, 0.2) is 0 Å². The van der Waals surface area contributed by atoms with Crippen molar-refractivity contribution in [2.45, 2.75) is 16.3 Å². The molecule has 0 aliphatic rings. The zero-order chi connectivity index (χ0) is 12.3. The van der Waals surface area contributed by atoms with Crippen LogP contribution >= 0.6 is 35.0 Å². The summed E-state index contributed by atoms with van der Waals surface area (Å²) in [5, 5.41) is 1.38. The molecule has 0 atom stereocenters. The molecule has 0 unspecified atom stereocenters. The zero-order valence-corrected chi connectivity index (χ0v) is 11.3. The predicted octanol–water partition coefficient (Wildman–Crippen LogP) is 4.60. The molecule has 1 nitrogen and oxygen atoms in total. The van der Waals surface area contributed by atoms with E-state index in [0.29, 0.717) is 16.6 Å². The van der Waals surface area contributed by atoms with Crippen LogP contribution in [0.25, 0.3) is 0 Å². The summed E-state index contributed by atoms with van der Waals surface area (Å²) in [6, 6.07) is 13.5. The lowest BCUT2D eigenvalue weighted by molar-refractivity contribution is 1.03. The number of rotatable bonds is 3. The molecule has 0 heterocycles. The van der Waals surface area contributed by atoms with E-state index in [0.717, 1.165) is 15.4 Å². The van der Waals surface area contributed by atoms with Crippen LogP contribution in [0.1, 0.15) is 5.56 Å². The van der Waals surface area contributed by atoms with Crippen LogP contribution in [0.4, 0.5) is 0 Å². The lowest BCUT2D eigenvalue weighted by Crippen LogP contribution is -1.97. The third kappa shape index (κ3) is 3.17. The van der Waals surface area contributed by atoms with Crippen LogP contribution < -0.4 is 5.73 Å². The van der Waals surface area contributed by atoms with Crippen molar-refractivity contribution in [3.63, 3.8) is 0 Å². The van der Waals surface area contributed by atoms with Crippen LogP contribution in [-0.4, -0.2) is 0 Å². The third-order valence-electron chi connectivity index (χ3n) is 2.31. The summed E-state index contributed by atoms with van der Waals surface area (Å²) in [7, 11) is 0. The summed E-state index contributed by atoms with van der Waals surface area (Å²) in [6.07, 6.45) is 0. The minimum atomic E-state index is 0.515. The predicted molar refractivity (Wildman–Crippen MR) is 74.9 cm³/mol. The quantitative estimate of drug-likeness (QED) is 0.891. The monoisotopic (exact) mass is 283 g/mol. The maximum atomic E-state index is 6.13. The Morgan fingerprint density at radius 3 is 2.53 bits per heavy atom. The normalized spacial score (nSPS) is 10.5. The van der Waals surface area contributed by atoms with Gasteiger partial charge in [-0.05, 0) is 29.8 Å². The Labute approximate surface area is 115 Å². The van der Waals surface area contributed by atoms with Gasteiger partial charge in [0.25, 0.3) is 0 Å². The SMILES string of the molecule is NCc1ccccc1Sc1cc(Cl)ccc1Cl. The van der Waals surface area contributed by atoms with Crippen molar-refractivity contribution in [1.29, 1.82) is 0 Å². The van der Waals surface area contributed by atoms with E-state index in [1.54, 1.807) is 23.9 Å². The molecule has 0 aliphatic carbocycles. The average Bonchev–Trinajstić information content (AvgIpc) is 2.34. The van der Waals surface area contributed by atoms with Crippen molar-refractivity contribution in [3.8, 4) is 0 Å². The van der Waals surface area contributed by atoms with Crippen LogP contribution in [-0.2, 0) is 6.54 Å². The largest absolute Gasteiger partial charge is 0.326 e.